The molecule has 1 atom stereocenters. The first-order chi connectivity index (χ1) is 8.88. The van der Waals surface area contributed by atoms with Gasteiger partial charge in [0.15, 0.2) is 0 Å². The predicted molar refractivity (Wildman–Crippen MR) is 73.3 cm³/mol. The first-order valence-corrected chi connectivity index (χ1v) is 6.45. The zero-order valence-corrected chi connectivity index (χ0v) is 10.6. The highest BCUT2D eigenvalue weighted by atomic mass is 15.1. The van der Waals surface area contributed by atoms with E-state index in [9.17, 15) is 0 Å². The SMILES string of the molecule is CC=CN1CCC(c2ncnc3ccccc23)C1. The van der Waals surface area contributed by atoms with E-state index in [0.717, 1.165) is 18.6 Å². The summed E-state index contributed by atoms with van der Waals surface area (Å²) in [7, 11) is 0. The van der Waals surface area contributed by atoms with Crippen LogP contribution >= 0.6 is 0 Å². The van der Waals surface area contributed by atoms with Crippen LogP contribution in [0.4, 0.5) is 0 Å². The van der Waals surface area contributed by atoms with Crippen molar-refractivity contribution in [3.8, 4) is 0 Å². The summed E-state index contributed by atoms with van der Waals surface area (Å²) in [6.07, 6.45) is 7.13. The van der Waals surface area contributed by atoms with Crippen LogP contribution in [0.25, 0.3) is 10.9 Å². The van der Waals surface area contributed by atoms with Gasteiger partial charge in [0.25, 0.3) is 0 Å². The fraction of sp³-hybridized carbons (Fsp3) is 0.333. The van der Waals surface area contributed by atoms with Gasteiger partial charge in [0.1, 0.15) is 6.33 Å². The second-order valence-electron chi connectivity index (χ2n) is 4.74. The number of aromatic nitrogens is 2. The summed E-state index contributed by atoms with van der Waals surface area (Å²) in [5.74, 6) is 0.522. The lowest BCUT2D eigenvalue weighted by Gasteiger charge is -2.13. The number of benzene rings is 1. The van der Waals surface area contributed by atoms with Crippen molar-refractivity contribution >= 4 is 10.9 Å². The average molecular weight is 239 g/mol. The largest absolute Gasteiger partial charge is 0.377 e. The summed E-state index contributed by atoms with van der Waals surface area (Å²) in [6, 6.07) is 8.27. The molecule has 3 nitrogen and oxygen atoms in total. The molecule has 1 aliphatic rings. The van der Waals surface area contributed by atoms with E-state index < -0.39 is 0 Å². The average Bonchev–Trinajstić information content (AvgIpc) is 2.87. The van der Waals surface area contributed by atoms with E-state index in [0.29, 0.717) is 5.92 Å². The number of rotatable bonds is 2. The number of likely N-dealkylation sites (tertiary alicyclic amines) is 1. The van der Waals surface area contributed by atoms with Gasteiger partial charge in [-0.15, -0.1) is 0 Å². The van der Waals surface area contributed by atoms with Crippen molar-refractivity contribution in [2.75, 3.05) is 13.1 Å². The second-order valence-corrected chi connectivity index (χ2v) is 4.74. The molecular formula is C15H17N3. The Labute approximate surface area is 107 Å². The summed E-state index contributed by atoms with van der Waals surface area (Å²) >= 11 is 0. The number of para-hydroxylation sites is 1. The topological polar surface area (TPSA) is 29.0 Å². The molecule has 0 aliphatic carbocycles. The third-order valence-electron chi connectivity index (χ3n) is 3.54. The van der Waals surface area contributed by atoms with Crippen LogP contribution in [-0.2, 0) is 0 Å². The molecule has 0 radical (unpaired) electrons. The normalized spacial score (nSPS) is 20.1. The van der Waals surface area contributed by atoms with Crippen molar-refractivity contribution in [2.24, 2.45) is 0 Å². The molecule has 92 valence electrons. The minimum absolute atomic E-state index is 0.522. The first kappa shape index (κ1) is 11.2. The van der Waals surface area contributed by atoms with Crippen LogP contribution < -0.4 is 0 Å². The Hall–Kier alpha value is -1.90. The summed E-state index contributed by atoms with van der Waals surface area (Å²) in [5.41, 5.74) is 2.25. The summed E-state index contributed by atoms with van der Waals surface area (Å²) in [5, 5.41) is 1.20. The highest BCUT2D eigenvalue weighted by Crippen LogP contribution is 2.30. The molecule has 18 heavy (non-hydrogen) atoms. The molecule has 3 heteroatoms. The minimum atomic E-state index is 0.522. The van der Waals surface area contributed by atoms with E-state index in [4.69, 9.17) is 0 Å². The molecular weight excluding hydrogens is 222 g/mol. The molecule has 1 aliphatic heterocycles. The maximum absolute atomic E-state index is 4.52. The summed E-state index contributed by atoms with van der Waals surface area (Å²) < 4.78 is 0. The van der Waals surface area contributed by atoms with Gasteiger partial charge in [-0.3, -0.25) is 0 Å². The molecule has 0 bridgehead atoms. The van der Waals surface area contributed by atoms with Crippen LogP contribution in [0.3, 0.4) is 0 Å². The van der Waals surface area contributed by atoms with E-state index in [1.807, 2.05) is 6.07 Å². The quantitative estimate of drug-likeness (QED) is 0.806. The van der Waals surface area contributed by atoms with Crippen molar-refractivity contribution in [1.82, 2.24) is 14.9 Å². The predicted octanol–water partition coefficient (Wildman–Crippen LogP) is 2.95. The van der Waals surface area contributed by atoms with Crippen molar-refractivity contribution in [2.45, 2.75) is 19.3 Å². The van der Waals surface area contributed by atoms with Crippen LogP contribution in [0.5, 0.6) is 0 Å². The zero-order chi connectivity index (χ0) is 12.4. The number of allylic oxidation sites excluding steroid dienone is 1. The number of nitrogens with zero attached hydrogens (tertiary/aromatic N) is 3. The summed E-state index contributed by atoms with van der Waals surface area (Å²) in [4.78, 5) is 11.2. The van der Waals surface area contributed by atoms with Crippen molar-refractivity contribution in [3.63, 3.8) is 0 Å². The third kappa shape index (κ3) is 1.96. The van der Waals surface area contributed by atoms with Gasteiger partial charge in [0.2, 0.25) is 0 Å². The fourth-order valence-corrected chi connectivity index (χ4v) is 2.71. The zero-order valence-electron chi connectivity index (χ0n) is 10.6. The van der Waals surface area contributed by atoms with Gasteiger partial charge >= 0.3 is 0 Å². The lowest BCUT2D eigenvalue weighted by atomic mass is 10.0. The number of fused-ring (bicyclic) bond motifs is 1. The van der Waals surface area contributed by atoms with Gasteiger partial charge in [-0.25, -0.2) is 9.97 Å². The Morgan fingerprint density at radius 1 is 1.28 bits per heavy atom. The Morgan fingerprint density at radius 3 is 3.06 bits per heavy atom. The number of hydrogen-bond acceptors (Lipinski definition) is 3. The molecule has 1 unspecified atom stereocenters. The monoisotopic (exact) mass is 239 g/mol. The minimum Gasteiger partial charge on any atom is -0.377 e. The Bertz CT molecular complexity index is 571. The van der Waals surface area contributed by atoms with Gasteiger partial charge < -0.3 is 4.90 Å². The highest BCUT2D eigenvalue weighted by Gasteiger charge is 2.24. The molecule has 1 fully saturated rings. The first-order valence-electron chi connectivity index (χ1n) is 6.45. The Morgan fingerprint density at radius 2 is 2.17 bits per heavy atom. The van der Waals surface area contributed by atoms with Gasteiger partial charge in [-0.1, -0.05) is 24.3 Å². The van der Waals surface area contributed by atoms with Crippen LogP contribution in [0.2, 0.25) is 0 Å². The molecule has 0 amide bonds. The molecule has 1 saturated heterocycles. The molecule has 0 saturated carbocycles. The Balaban J connectivity index is 1.96. The van der Waals surface area contributed by atoms with Crippen molar-refractivity contribution in [1.29, 1.82) is 0 Å². The maximum Gasteiger partial charge on any atom is 0.116 e. The lowest BCUT2D eigenvalue weighted by molar-refractivity contribution is 0.459. The summed E-state index contributed by atoms with van der Waals surface area (Å²) in [6.45, 7) is 4.24. The molecule has 3 rings (SSSR count). The van der Waals surface area contributed by atoms with E-state index in [1.165, 1.54) is 17.5 Å². The van der Waals surface area contributed by atoms with Crippen LogP contribution in [0, 0.1) is 0 Å². The van der Waals surface area contributed by atoms with Crippen LogP contribution in [-0.4, -0.2) is 28.0 Å². The molecule has 1 aromatic carbocycles. The van der Waals surface area contributed by atoms with Gasteiger partial charge in [-0.2, -0.15) is 0 Å². The second kappa shape index (κ2) is 4.77. The Kier molecular flexibility index (Phi) is 2.97. The molecule has 2 heterocycles. The van der Waals surface area contributed by atoms with E-state index >= 15 is 0 Å². The lowest BCUT2D eigenvalue weighted by Crippen LogP contribution is -2.13. The standard InChI is InChI=1S/C15H17N3/c1-2-8-18-9-7-12(10-18)15-13-5-3-4-6-14(13)16-11-17-15/h2-6,8,11-12H,7,9-10H2,1H3. The third-order valence-corrected chi connectivity index (χ3v) is 3.54. The van der Waals surface area contributed by atoms with E-state index in [-0.39, 0.29) is 0 Å². The van der Waals surface area contributed by atoms with E-state index in [1.54, 1.807) is 6.33 Å². The van der Waals surface area contributed by atoms with E-state index in [2.05, 4.69) is 52.3 Å². The number of hydrogen-bond donors (Lipinski definition) is 0. The van der Waals surface area contributed by atoms with Gasteiger partial charge in [0, 0.05) is 24.4 Å². The van der Waals surface area contributed by atoms with Gasteiger partial charge in [0.05, 0.1) is 11.2 Å². The smallest absolute Gasteiger partial charge is 0.116 e. The molecule has 2 aromatic rings. The van der Waals surface area contributed by atoms with Crippen molar-refractivity contribution in [3.05, 3.63) is 48.6 Å². The van der Waals surface area contributed by atoms with Crippen LogP contribution in [0.15, 0.2) is 42.9 Å². The molecule has 1 aromatic heterocycles. The molecule has 0 spiro atoms. The fourth-order valence-electron chi connectivity index (χ4n) is 2.71. The van der Waals surface area contributed by atoms with Crippen molar-refractivity contribution < 1.29 is 0 Å². The highest BCUT2D eigenvalue weighted by molar-refractivity contribution is 5.81. The van der Waals surface area contributed by atoms with Crippen LogP contribution in [0.1, 0.15) is 25.0 Å². The molecule has 0 N–H and O–H groups in total. The van der Waals surface area contributed by atoms with Gasteiger partial charge in [-0.05, 0) is 25.6 Å². The maximum atomic E-state index is 4.52.